The molecule has 1 aliphatic carbocycles. The van der Waals surface area contributed by atoms with Crippen molar-refractivity contribution in [2.24, 2.45) is 5.92 Å². The van der Waals surface area contributed by atoms with Crippen LogP contribution in [0.3, 0.4) is 0 Å². The van der Waals surface area contributed by atoms with Gasteiger partial charge in [-0.1, -0.05) is 48.6 Å². The normalized spacial score (nSPS) is 20.2. The molecule has 1 aliphatic heterocycles. The molecular weight excluding hydrogens is 480 g/mol. The Bertz CT molecular complexity index is 1660. The van der Waals surface area contributed by atoms with E-state index in [1.54, 1.807) is 19.2 Å². The number of nitrogens with one attached hydrogen (secondary N) is 2. The van der Waals surface area contributed by atoms with E-state index in [1.807, 2.05) is 44.2 Å². The van der Waals surface area contributed by atoms with E-state index in [4.69, 9.17) is 4.74 Å². The number of fused-ring (bicyclic) bond motifs is 4. The first kappa shape index (κ1) is 23.6. The number of benzene rings is 4. The number of ether oxygens (including phenoxy) is 1. The summed E-state index contributed by atoms with van der Waals surface area (Å²) in [6.45, 7) is 3.99. The third kappa shape index (κ3) is 4.05. The summed E-state index contributed by atoms with van der Waals surface area (Å²) in [5.41, 5.74) is 5.86. The van der Waals surface area contributed by atoms with Crippen molar-refractivity contribution in [2.75, 3.05) is 17.1 Å². The molecule has 4 aromatic carbocycles. The maximum Gasteiger partial charge on any atom is 0.261 e. The zero-order valence-corrected chi connectivity index (χ0v) is 22.0. The molecule has 0 amide bonds. The monoisotopic (exact) mass is 510 g/mol. The van der Waals surface area contributed by atoms with E-state index in [9.17, 15) is 8.42 Å². The Morgan fingerprint density at radius 1 is 0.946 bits per heavy atom. The first-order valence-electron chi connectivity index (χ1n) is 12.6. The third-order valence-electron chi connectivity index (χ3n) is 7.87. The van der Waals surface area contributed by atoms with Gasteiger partial charge in [0.2, 0.25) is 0 Å². The molecule has 2 aliphatic rings. The van der Waals surface area contributed by atoms with Crippen LogP contribution in [-0.4, -0.2) is 15.5 Å². The summed E-state index contributed by atoms with van der Waals surface area (Å²) < 4.78 is 35.2. The molecule has 0 saturated heterocycles. The average molecular weight is 511 g/mol. The lowest BCUT2D eigenvalue weighted by atomic mass is 9.76. The fourth-order valence-electron chi connectivity index (χ4n) is 5.82. The first-order valence-corrected chi connectivity index (χ1v) is 14.1. The van der Waals surface area contributed by atoms with Crippen molar-refractivity contribution < 1.29 is 13.2 Å². The zero-order chi connectivity index (χ0) is 25.7. The summed E-state index contributed by atoms with van der Waals surface area (Å²) in [5.74, 6) is 1.22. The van der Waals surface area contributed by atoms with Crippen LogP contribution >= 0.6 is 0 Å². The molecule has 3 atom stereocenters. The van der Waals surface area contributed by atoms with Gasteiger partial charge in [0.25, 0.3) is 10.0 Å². The van der Waals surface area contributed by atoms with Crippen molar-refractivity contribution in [2.45, 2.75) is 37.1 Å². The van der Waals surface area contributed by atoms with E-state index in [-0.39, 0.29) is 22.8 Å². The molecule has 188 valence electrons. The molecule has 1 heterocycles. The van der Waals surface area contributed by atoms with Crippen molar-refractivity contribution in [1.29, 1.82) is 0 Å². The van der Waals surface area contributed by atoms with Gasteiger partial charge in [0, 0.05) is 22.9 Å². The third-order valence-corrected chi connectivity index (χ3v) is 9.24. The summed E-state index contributed by atoms with van der Waals surface area (Å²) in [5, 5.41) is 6.10. The van der Waals surface area contributed by atoms with Crippen LogP contribution < -0.4 is 14.8 Å². The van der Waals surface area contributed by atoms with Crippen molar-refractivity contribution >= 4 is 32.2 Å². The maximum absolute atomic E-state index is 13.3. The van der Waals surface area contributed by atoms with Crippen LogP contribution in [0.4, 0.5) is 11.4 Å². The van der Waals surface area contributed by atoms with Gasteiger partial charge in [-0.3, -0.25) is 4.72 Å². The average Bonchev–Trinajstić information content (AvgIpc) is 3.40. The second kappa shape index (κ2) is 8.96. The highest BCUT2D eigenvalue weighted by molar-refractivity contribution is 7.92. The van der Waals surface area contributed by atoms with Crippen molar-refractivity contribution in [3.05, 3.63) is 107 Å². The Kier molecular flexibility index (Phi) is 5.72. The van der Waals surface area contributed by atoms with Crippen LogP contribution in [0.15, 0.2) is 89.8 Å². The lowest BCUT2D eigenvalue weighted by Crippen LogP contribution is -2.30. The predicted molar refractivity (Wildman–Crippen MR) is 150 cm³/mol. The van der Waals surface area contributed by atoms with Crippen LogP contribution in [0.2, 0.25) is 0 Å². The van der Waals surface area contributed by atoms with Crippen LogP contribution in [0.25, 0.3) is 10.8 Å². The minimum Gasteiger partial charge on any atom is -0.496 e. The second-order valence-corrected chi connectivity index (χ2v) is 11.7. The number of hydrogen-bond donors (Lipinski definition) is 2. The summed E-state index contributed by atoms with van der Waals surface area (Å²) >= 11 is 0. The number of hydrogen-bond acceptors (Lipinski definition) is 4. The largest absolute Gasteiger partial charge is 0.496 e. The lowest BCUT2D eigenvalue weighted by Gasteiger charge is -2.38. The Balaban J connectivity index is 1.40. The van der Waals surface area contributed by atoms with Crippen LogP contribution in [-0.2, 0) is 10.0 Å². The number of aryl methyl sites for hydroxylation is 2. The van der Waals surface area contributed by atoms with Gasteiger partial charge in [0.15, 0.2) is 0 Å². The summed E-state index contributed by atoms with van der Waals surface area (Å²) in [7, 11) is -2.02. The molecule has 0 bridgehead atoms. The molecule has 37 heavy (non-hydrogen) atoms. The predicted octanol–water partition coefficient (Wildman–Crippen LogP) is 7.09. The van der Waals surface area contributed by atoms with E-state index in [2.05, 4.69) is 52.5 Å². The Morgan fingerprint density at radius 2 is 1.78 bits per heavy atom. The van der Waals surface area contributed by atoms with Gasteiger partial charge < -0.3 is 10.1 Å². The van der Waals surface area contributed by atoms with Gasteiger partial charge in [0.05, 0.1) is 18.0 Å². The van der Waals surface area contributed by atoms with Crippen LogP contribution in [0, 0.1) is 19.8 Å². The summed E-state index contributed by atoms with van der Waals surface area (Å²) in [6, 6.07) is 23.6. The van der Waals surface area contributed by atoms with Gasteiger partial charge >= 0.3 is 0 Å². The number of allylic oxidation sites excluding steroid dienone is 2. The summed E-state index contributed by atoms with van der Waals surface area (Å²) in [6.07, 6.45) is 5.35. The molecule has 0 aromatic heterocycles. The molecule has 4 aromatic rings. The fourth-order valence-corrected chi connectivity index (χ4v) is 6.90. The van der Waals surface area contributed by atoms with Crippen molar-refractivity contribution in [3.8, 4) is 5.75 Å². The van der Waals surface area contributed by atoms with E-state index in [1.165, 1.54) is 10.8 Å². The van der Waals surface area contributed by atoms with Crippen LogP contribution in [0.1, 0.15) is 40.6 Å². The number of rotatable bonds is 5. The van der Waals surface area contributed by atoms with E-state index >= 15 is 0 Å². The Hall–Kier alpha value is -3.77. The molecule has 6 heteroatoms. The number of sulfonamides is 1. The van der Waals surface area contributed by atoms with Gasteiger partial charge in [-0.2, -0.15) is 0 Å². The topological polar surface area (TPSA) is 67.4 Å². The highest BCUT2D eigenvalue weighted by Gasteiger charge is 2.40. The SMILES string of the molecule is COc1ccc2ccccc2c1C1Nc2ccc(S(=O)(=O)Nc3ccc(C)c(C)c3)cc2C2C=CCC21. The number of methoxy groups -OCH3 is 1. The van der Waals surface area contributed by atoms with E-state index in [0.717, 1.165) is 40.1 Å². The quantitative estimate of drug-likeness (QED) is 0.281. The van der Waals surface area contributed by atoms with Gasteiger partial charge in [0.1, 0.15) is 5.75 Å². The number of anilines is 2. The molecule has 6 rings (SSSR count). The standard InChI is InChI=1S/C31H30N2O3S/c1-19-11-13-22(17-20(19)2)33-37(34,35)23-14-15-28-27(18-23)25-9-6-10-26(25)31(32-28)30-24-8-5-4-7-21(24)12-16-29(30)36-3/h4-9,11-18,25-26,31-33H,10H2,1-3H3. The van der Waals surface area contributed by atoms with Crippen LogP contribution in [0.5, 0.6) is 5.75 Å². The second-order valence-electron chi connectivity index (χ2n) is 10.0. The zero-order valence-electron chi connectivity index (χ0n) is 21.2. The van der Waals surface area contributed by atoms with Gasteiger partial charge in [-0.15, -0.1) is 0 Å². The summed E-state index contributed by atoms with van der Waals surface area (Å²) in [4.78, 5) is 0.270. The fraction of sp³-hybridized carbons (Fsp3) is 0.226. The minimum atomic E-state index is -3.73. The van der Waals surface area contributed by atoms with Crippen molar-refractivity contribution in [1.82, 2.24) is 0 Å². The Labute approximate surface area is 218 Å². The lowest BCUT2D eigenvalue weighted by molar-refractivity contribution is 0.383. The molecule has 0 radical (unpaired) electrons. The molecule has 0 fully saturated rings. The highest BCUT2D eigenvalue weighted by Crippen LogP contribution is 2.52. The van der Waals surface area contributed by atoms with E-state index in [0.29, 0.717) is 5.69 Å². The molecule has 5 nitrogen and oxygen atoms in total. The Morgan fingerprint density at radius 3 is 2.59 bits per heavy atom. The van der Waals surface area contributed by atoms with E-state index < -0.39 is 10.0 Å². The van der Waals surface area contributed by atoms with Crippen molar-refractivity contribution in [3.63, 3.8) is 0 Å². The molecule has 0 spiro atoms. The van der Waals surface area contributed by atoms with Gasteiger partial charge in [-0.25, -0.2) is 8.42 Å². The molecular formula is C31H30N2O3S. The highest BCUT2D eigenvalue weighted by atomic mass is 32.2. The minimum absolute atomic E-state index is 0.0321. The first-order chi connectivity index (χ1) is 17.9. The maximum atomic E-state index is 13.3. The van der Waals surface area contributed by atoms with Gasteiger partial charge in [-0.05, 0) is 90.0 Å². The molecule has 3 unspecified atom stereocenters. The molecule has 0 saturated carbocycles. The smallest absolute Gasteiger partial charge is 0.261 e. The molecule has 2 N–H and O–H groups in total.